The summed E-state index contributed by atoms with van der Waals surface area (Å²) in [7, 11) is 0. The van der Waals surface area contributed by atoms with Crippen LogP contribution in [0, 0.1) is 0 Å². The number of halogens is 2. The Labute approximate surface area is 103 Å². The van der Waals surface area contributed by atoms with E-state index in [0.29, 0.717) is 12.5 Å². The molecule has 1 aliphatic heterocycles. The molecular formula is C12H14F2N2O2. The molecule has 1 aliphatic rings. The fraction of sp³-hybridized carbons (Fsp3) is 0.333. The first-order chi connectivity index (χ1) is 8.45. The fourth-order valence-corrected chi connectivity index (χ4v) is 1.67. The van der Waals surface area contributed by atoms with Crippen LogP contribution in [0.15, 0.2) is 36.1 Å². The first-order valence-corrected chi connectivity index (χ1v) is 5.47. The van der Waals surface area contributed by atoms with Crippen molar-refractivity contribution >= 4 is 11.8 Å². The van der Waals surface area contributed by atoms with E-state index in [0.717, 1.165) is 0 Å². The molecule has 0 aromatic heterocycles. The van der Waals surface area contributed by atoms with Crippen LogP contribution in [0.25, 0.3) is 0 Å². The highest BCUT2D eigenvalue weighted by molar-refractivity contribution is 5.88. The van der Waals surface area contributed by atoms with Gasteiger partial charge in [-0.15, -0.1) is 0 Å². The summed E-state index contributed by atoms with van der Waals surface area (Å²) in [5.41, 5.74) is 5.42. The standard InChI is InChI=1S/C12H14F2N2O2/c1-2-9(12(15)18)16-6-5-8(7-10(13)14)3-4-11(16)17/h3,5-7,9H,2,4H2,1H3,(H2,15,18). The third-order valence-corrected chi connectivity index (χ3v) is 2.55. The maximum atomic E-state index is 12.1. The monoisotopic (exact) mass is 256 g/mol. The summed E-state index contributed by atoms with van der Waals surface area (Å²) < 4.78 is 24.2. The maximum Gasteiger partial charge on any atom is 0.270 e. The number of hydrogen-bond acceptors (Lipinski definition) is 2. The van der Waals surface area contributed by atoms with Gasteiger partial charge >= 0.3 is 0 Å². The summed E-state index contributed by atoms with van der Waals surface area (Å²) in [6.45, 7) is 1.72. The average molecular weight is 256 g/mol. The van der Waals surface area contributed by atoms with Gasteiger partial charge in [0.1, 0.15) is 6.04 Å². The summed E-state index contributed by atoms with van der Waals surface area (Å²) in [5.74, 6) is -0.967. The number of nitrogens with two attached hydrogens (primary N) is 1. The molecule has 4 nitrogen and oxygen atoms in total. The van der Waals surface area contributed by atoms with Crippen LogP contribution in [-0.2, 0) is 9.59 Å². The molecule has 1 unspecified atom stereocenters. The van der Waals surface area contributed by atoms with Crippen LogP contribution in [0.3, 0.4) is 0 Å². The predicted octanol–water partition coefficient (Wildman–Crippen LogP) is 1.70. The molecule has 0 aromatic rings. The second-order valence-corrected chi connectivity index (χ2v) is 3.79. The molecule has 0 fully saturated rings. The Hall–Kier alpha value is -1.98. The van der Waals surface area contributed by atoms with Gasteiger partial charge in [0, 0.05) is 18.7 Å². The number of hydrogen-bond donors (Lipinski definition) is 1. The van der Waals surface area contributed by atoms with Gasteiger partial charge in [-0.1, -0.05) is 13.0 Å². The van der Waals surface area contributed by atoms with E-state index >= 15 is 0 Å². The number of nitrogens with zero attached hydrogens (tertiary/aromatic N) is 1. The van der Waals surface area contributed by atoms with Gasteiger partial charge in [0.2, 0.25) is 11.8 Å². The molecule has 1 heterocycles. The van der Waals surface area contributed by atoms with Gasteiger partial charge in [-0.3, -0.25) is 9.59 Å². The lowest BCUT2D eigenvalue weighted by Gasteiger charge is -2.24. The van der Waals surface area contributed by atoms with Crippen LogP contribution in [0.5, 0.6) is 0 Å². The summed E-state index contributed by atoms with van der Waals surface area (Å²) in [6.07, 6.45) is 3.21. The van der Waals surface area contributed by atoms with E-state index in [-0.39, 0.29) is 17.9 Å². The molecule has 0 aromatic carbocycles. The van der Waals surface area contributed by atoms with Crippen molar-refractivity contribution in [2.45, 2.75) is 25.8 Å². The van der Waals surface area contributed by atoms with Crippen LogP contribution < -0.4 is 5.73 Å². The number of carbonyl (C=O) groups excluding carboxylic acids is 2. The highest BCUT2D eigenvalue weighted by Gasteiger charge is 2.25. The summed E-state index contributed by atoms with van der Waals surface area (Å²) >= 11 is 0. The number of carbonyl (C=O) groups is 2. The normalized spacial score (nSPS) is 16.9. The van der Waals surface area contributed by atoms with Crippen molar-refractivity contribution < 1.29 is 18.4 Å². The second-order valence-electron chi connectivity index (χ2n) is 3.79. The van der Waals surface area contributed by atoms with Crippen molar-refractivity contribution in [1.29, 1.82) is 0 Å². The molecule has 1 rings (SSSR count). The predicted molar refractivity (Wildman–Crippen MR) is 62.3 cm³/mol. The van der Waals surface area contributed by atoms with Crippen LogP contribution in [0.1, 0.15) is 19.8 Å². The van der Waals surface area contributed by atoms with Gasteiger partial charge in [0.15, 0.2) is 0 Å². The van der Waals surface area contributed by atoms with E-state index in [2.05, 4.69) is 0 Å². The maximum absolute atomic E-state index is 12.1. The number of amides is 2. The molecule has 2 amide bonds. The van der Waals surface area contributed by atoms with Crippen LogP contribution >= 0.6 is 0 Å². The lowest BCUT2D eigenvalue weighted by atomic mass is 10.2. The molecule has 98 valence electrons. The van der Waals surface area contributed by atoms with Crippen LogP contribution in [-0.4, -0.2) is 22.8 Å². The van der Waals surface area contributed by atoms with Gasteiger partial charge in [-0.2, -0.15) is 8.78 Å². The number of primary amides is 1. The average Bonchev–Trinajstić information content (AvgIpc) is 2.44. The van der Waals surface area contributed by atoms with E-state index in [9.17, 15) is 18.4 Å². The van der Waals surface area contributed by atoms with Crippen molar-refractivity contribution in [2.24, 2.45) is 5.73 Å². The first kappa shape index (κ1) is 14.1. The Morgan fingerprint density at radius 1 is 1.61 bits per heavy atom. The Bertz CT molecular complexity index is 437. The van der Waals surface area contributed by atoms with Gasteiger partial charge in [-0.05, 0) is 18.1 Å². The molecule has 0 aliphatic carbocycles. The zero-order chi connectivity index (χ0) is 13.7. The minimum absolute atomic E-state index is 0.0457. The van der Waals surface area contributed by atoms with E-state index in [1.165, 1.54) is 23.3 Å². The van der Waals surface area contributed by atoms with Crippen molar-refractivity contribution in [3.8, 4) is 0 Å². The Balaban J connectivity index is 2.96. The molecule has 6 heteroatoms. The number of rotatable bonds is 4. The molecule has 0 saturated carbocycles. The zero-order valence-electron chi connectivity index (χ0n) is 9.90. The SMILES string of the molecule is CCC(C(N)=O)N1C=CC(C=C(F)F)=CCC1=O. The minimum atomic E-state index is -1.84. The lowest BCUT2D eigenvalue weighted by Crippen LogP contribution is -2.44. The Morgan fingerprint density at radius 3 is 2.78 bits per heavy atom. The van der Waals surface area contributed by atoms with Crippen molar-refractivity contribution in [2.75, 3.05) is 0 Å². The summed E-state index contributed by atoms with van der Waals surface area (Å²) in [5, 5.41) is 0. The second kappa shape index (κ2) is 6.09. The number of allylic oxidation sites excluding steroid dienone is 3. The molecule has 0 bridgehead atoms. The van der Waals surface area contributed by atoms with E-state index in [1.807, 2.05) is 0 Å². The van der Waals surface area contributed by atoms with Crippen molar-refractivity contribution in [3.05, 3.63) is 36.1 Å². The Morgan fingerprint density at radius 2 is 2.28 bits per heavy atom. The Kier molecular flexibility index (Phi) is 4.76. The molecule has 1 atom stereocenters. The van der Waals surface area contributed by atoms with Gasteiger partial charge < -0.3 is 10.6 Å². The van der Waals surface area contributed by atoms with Gasteiger partial charge in [0.25, 0.3) is 6.08 Å². The fourth-order valence-electron chi connectivity index (χ4n) is 1.67. The van der Waals surface area contributed by atoms with Crippen LogP contribution in [0.2, 0.25) is 0 Å². The van der Waals surface area contributed by atoms with Crippen molar-refractivity contribution in [3.63, 3.8) is 0 Å². The van der Waals surface area contributed by atoms with E-state index in [4.69, 9.17) is 5.73 Å². The molecule has 18 heavy (non-hydrogen) atoms. The largest absolute Gasteiger partial charge is 0.368 e. The minimum Gasteiger partial charge on any atom is -0.368 e. The van der Waals surface area contributed by atoms with E-state index < -0.39 is 18.0 Å². The molecule has 2 N–H and O–H groups in total. The molecule has 0 saturated heterocycles. The molecular weight excluding hydrogens is 242 g/mol. The van der Waals surface area contributed by atoms with Gasteiger partial charge in [0.05, 0.1) is 0 Å². The molecule has 0 spiro atoms. The topological polar surface area (TPSA) is 63.4 Å². The first-order valence-electron chi connectivity index (χ1n) is 5.47. The summed E-state index contributed by atoms with van der Waals surface area (Å²) in [6, 6.07) is -0.749. The quantitative estimate of drug-likeness (QED) is 0.832. The smallest absolute Gasteiger partial charge is 0.270 e. The molecule has 0 radical (unpaired) electrons. The highest BCUT2D eigenvalue weighted by atomic mass is 19.3. The van der Waals surface area contributed by atoms with Gasteiger partial charge in [-0.25, -0.2) is 0 Å². The lowest BCUT2D eigenvalue weighted by molar-refractivity contribution is -0.135. The van der Waals surface area contributed by atoms with Crippen LogP contribution in [0.4, 0.5) is 8.78 Å². The highest BCUT2D eigenvalue weighted by Crippen LogP contribution is 2.16. The van der Waals surface area contributed by atoms with E-state index in [1.54, 1.807) is 6.92 Å². The zero-order valence-corrected chi connectivity index (χ0v) is 9.90. The summed E-state index contributed by atoms with van der Waals surface area (Å²) in [4.78, 5) is 24.1. The third-order valence-electron chi connectivity index (χ3n) is 2.55. The third kappa shape index (κ3) is 3.51. The van der Waals surface area contributed by atoms with Crippen molar-refractivity contribution in [1.82, 2.24) is 4.90 Å².